The minimum Gasteiger partial charge on any atom is -0.478 e. The molecule has 218 valence electrons. The second-order valence-electron chi connectivity index (χ2n) is 11.8. The monoisotopic (exact) mass is 562 g/mol. The highest BCUT2D eigenvalue weighted by Crippen LogP contribution is 2.43. The number of aryl methyl sites for hydroxylation is 6. The molecule has 5 aromatic rings. The van der Waals surface area contributed by atoms with Crippen LogP contribution in [0.15, 0.2) is 36.4 Å². The Morgan fingerprint density at radius 3 is 1.69 bits per heavy atom. The maximum absolute atomic E-state index is 12.7. The summed E-state index contributed by atoms with van der Waals surface area (Å²) in [4.78, 5) is 25.4. The zero-order valence-corrected chi connectivity index (χ0v) is 25.8. The third kappa shape index (κ3) is 4.62. The van der Waals surface area contributed by atoms with E-state index in [0.717, 1.165) is 60.2 Å². The van der Waals surface area contributed by atoms with E-state index in [1.165, 1.54) is 43.6 Å². The van der Waals surface area contributed by atoms with Gasteiger partial charge in [0.2, 0.25) is 0 Å². The van der Waals surface area contributed by atoms with Crippen LogP contribution in [0.25, 0.3) is 43.1 Å². The molecular formula is C38H42O4. The molecule has 0 atom stereocenters. The molecule has 2 N–H and O–H groups in total. The van der Waals surface area contributed by atoms with Gasteiger partial charge in [-0.05, 0) is 134 Å². The van der Waals surface area contributed by atoms with Crippen molar-refractivity contribution in [1.29, 1.82) is 0 Å². The Bertz CT molecular complexity index is 1890. The van der Waals surface area contributed by atoms with E-state index in [1.807, 2.05) is 13.8 Å². The van der Waals surface area contributed by atoms with Crippen LogP contribution in [0.1, 0.15) is 107 Å². The van der Waals surface area contributed by atoms with Crippen LogP contribution in [0.2, 0.25) is 0 Å². The highest BCUT2D eigenvalue weighted by molar-refractivity contribution is 6.18. The SMILES string of the molecule is CCCc1cccc2c(C)c3c(CCC)c4c(C)c5c(CCC)c(C(=O)O)c(C(=O)O)c(CCC)c5cc4cc3cc12. The van der Waals surface area contributed by atoms with Crippen molar-refractivity contribution in [2.24, 2.45) is 0 Å². The van der Waals surface area contributed by atoms with Crippen LogP contribution in [0, 0.1) is 13.8 Å². The predicted octanol–water partition coefficient (Wildman–Crippen LogP) is 10.1. The van der Waals surface area contributed by atoms with Crippen molar-refractivity contribution >= 4 is 55.0 Å². The standard InChI is InChI=1S/C38H42O4/c1-7-12-23-16-11-17-26-21(5)32-24(19-30(23)26)18-25-20-31-27(13-8-2)35(37(39)40)36(38(41)42)29(15-10-4)34(31)22(6)33(25)28(32)14-9-3/h11,16-20H,7-10,12-15H2,1-6H3,(H,39,40)(H,41,42). The molecule has 5 rings (SSSR count). The number of carbonyl (C=O) groups is 2. The summed E-state index contributed by atoms with van der Waals surface area (Å²) >= 11 is 0. The van der Waals surface area contributed by atoms with Crippen molar-refractivity contribution in [3.05, 3.63) is 80.9 Å². The van der Waals surface area contributed by atoms with Gasteiger partial charge in [0, 0.05) is 0 Å². The lowest BCUT2D eigenvalue weighted by Gasteiger charge is -2.23. The van der Waals surface area contributed by atoms with Gasteiger partial charge in [0.1, 0.15) is 0 Å². The molecule has 0 aliphatic heterocycles. The number of fused-ring (bicyclic) bond motifs is 4. The van der Waals surface area contributed by atoms with Gasteiger partial charge in [0.25, 0.3) is 0 Å². The van der Waals surface area contributed by atoms with Crippen molar-refractivity contribution in [3.8, 4) is 0 Å². The maximum Gasteiger partial charge on any atom is 0.336 e. The Morgan fingerprint density at radius 2 is 1.10 bits per heavy atom. The molecule has 0 amide bonds. The summed E-state index contributed by atoms with van der Waals surface area (Å²) in [6.07, 6.45) is 6.49. The fraction of sp³-hybridized carbons (Fsp3) is 0.368. The van der Waals surface area contributed by atoms with Gasteiger partial charge >= 0.3 is 11.9 Å². The van der Waals surface area contributed by atoms with E-state index in [2.05, 4.69) is 64.1 Å². The normalized spacial score (nSPS) is 11.8. The Balaban J connectivity index is 2.07. The lowest BCUT2D eigenvalue weighted by atomic mass is 9.80. The summed E-state index contributed by atoms with van der Waals surface area (Å²) in [5.74, 6) is -2.32. The molecule has 0 spiro atoms. The molecule has 0 aliphatic rings. The van der Waals surface area contributed by atoms with Crippen molar-refractivity contribution in [1.82, 2.24) is 0 Å². The van der Waals surface area contributed by atoms with Crippen LogP contribution in [0.4, 0.5) is 0 Å². The highest BCUT2D eigenvalue weighted by Gasteiger charge is 2.29. The number of rotatable bonds is 10. The van der Waals surface area contributed by atoms with Gasteiger partial charge in [0.15, 0.2) is 0 Å². The third-order valence-electron chi connectivity index (χ3n) is 9.01. The molecule has 0 heterocycles. The Morgan fingerprint density at radius 1 is 0.571 bits per heavy atom. The lowest BCUT2D eigenvalue weighted by molar-refractivity contribution is 0.0650. The first-order valence-electron chi connectivity index (χ1n) is 15.6. The second-order valence-corrected chi connectivity index (χ2v) is 11.8. The zero-order chi connectivity index (χ0) is 30.3. The maximum atomic E-state index is 12.7. The average molecular weight is 563 g/mol. The zero-order valence-electron chi connectivity index (χ0n) is 25.8. The Kier molecular flexibility index (Phi) is 8.28. The van der Waals surface area contributed by atoms with Gasteiger partial charge < -0.3 is 10.2 Å². The van der Waals surface area contributed by atoms with Crippen LogP contribution in [-0.2, 0) is 25.7 Å². The molecule has 0 aromatic heterocycles. The summed E-state index contributed by atoms with van der Waals surface area (Å²) in [6, 6.07) is 13.4. The molecule has 0 fully saturated rings. The molecule has 0 aliphatic carbocycles. The molecule has 42 heavy (non-hydrogen) atoms. The first-order chi connectivity index (χ1) is 20.2. The summed E-state index contributed by atoms with van der Waals surface area (Å²) in [5.41, 5.74) is 6.24. The Hall–Kier alpha value is -3.92. The van der Waals surface area contributed by atoms with Crippen LogP contribution < -0.4 is 0 Å². The number of hydrogen-bond acceptors (Lipinski definition) is 2. The topological polar surface area (TPSA) is 74.6 Å². The fourth-order valence-electron chi connectivity index (χ4n) is 7.51. The highest BCUT2D eigenvalue weighted by atomic mass is 16.4. The van der Waals surface area contributed by atoms with Crippen molar-refractivity contribution in [2.75, 3.05) is 0 Å². The largest absolute Gasteiger partial charge is 0.478 e. The summed E-state index contributed by atoms with van der Waals surface area (Å²) < 4.78 is 0. The quantitative estimate of drug-likeness (QED) is 0.166. The van der Waals surface area contributed by atoms with Crippen molar-refractivity contribution < 1.29 is 19.8 Å². The molecule has 4 heteroatoms. The van der Waals surface area contributed by atoms with E-state index in [-0.39, 0.29) is 11.1 Å². The van der Waals surface area contributed by atoms with E-state index >= 15 is 0 Å². The van der Waals surface area contributed by atoms with Gasteiger partial charge in [0.05, 0.1) is 11.1 Å². The van der Waals surface area contributed by atoms with Gasteiger partial charge in [-0.2, -0.15) is 0 Å². The average Bonchev–Trinajstić information content (AvgIpc) is 2.94. The van der Waals surface area contributed by atoms with Gasteiger partial charge in [-0.3, -0.25) is 0 Å². The van der Waals surface area contributed by atoms with E-state index < -0.39 is 11.9 Å². The van der Waals surface area contributed by atoms with E-state index in [4.69, 9.17) is 0 Å². The number of carboxylic acids is 2. The van der Waals surface area contributed by atoms with E-state index in [9.17, 15) is 19.8 Å². The Labute approximate surface area is 248 Å². The smallest absolute Gasteiger partial charge is 0.336 e. The van der Waals surface area contributed by atoms with Crippen LogP contribution in [0.3, 0.4) is 0 Å². The lowest BCUT2D eigenvalue weighted by Crippen LogP contribution is -2.16. The van der Waals surface area contributed by atoms with Crippen molar-refractivity contribution in [3.63, 3.8) is 0 Å². The number of aromatic carboxylic acids is 2. The molecule has 5 aromatic carbocycles. The van der Waals surface area contributed by atoms with Gasteiger partial charge in [-0.1, -0.05) is 71.6 Å². The fourth-order valence-corrected chi connectivity index (χ4v) is 7.51. The molecule has 0 unspecified atom stereocenters. The number of hydrogen-bond donors (Lipinski definition) is 2. The van der Waals surface area contributed by atoms with Gasteiger partial charge in [-0.25, -0.2) is 9.59 Å². The first kappa shape index (κ1) is 29.6. The first-order valence-corrected chi connectivity index (χ1v) is 15.6. The minimum atomic E-state index is -1.16. The van der Waals surface area contributed by atoms with E-state index in [0.29, 0.717) is 24.0 Å². The van der Waals surface area contributed by atoms with E-state index in [1.54, 1.807) is 0 Å². The number of benzene rings is 5. The molecule has 0 saturated carbocycles. The molecule has 0 saturated heterocycles. The van der Waals surface area contributed by atoms with Crippen LogP contribution in [-0.4, -0.2) is 22.2 Å². The molecular weight excluding hydrogens is 520 g/mol. The molecule has 0 bridgehead atoms. The van der Waals surface area contributed by atoms with Crippen LogP contribution >= 0.6 is 0 Å². The number of carboxylic acid groups (broad SMARTS) is 2. The predicted molar refractivity (Wildman–Crippen MR) is 176 cm³/mol. The summed E-state index contributed by atoms with van der Waals surface area (Å²) in [7, 11) is 0. The summed E-state index contributed by atoms with van der Waals surface area (Å²) in [6.45, 7) is 12.8. The second kappa shape index (κ2) is 11.8. The minimum absolute atomic E-state index is 0.0359. The molecule has 0 radical (unpaired) electrons. The van der Waals surface area contributed by atoms with Crippen molar-refractivity contribution in [2.45, 2.75) is 92.9 Å². The summed E-state index contributed by atoms with van der Waals surface area (Å²) in [5, 5.41) is 29.9. The third-order valence-corrected chi connectivity index (χ3v) is 9.01. The molecule has 4 nitrogen and oxygen atoms in total. The van der Waals surface area contributed by atoms with Crippen LogP contribution in [0.5, 0.6) is 0 Å². The van der Waals surface area contributed by atoms with Gasteiger partial charge in [-0.15, -0.1) is 0 Å².